The van der Waals surface area contributed by atoms with Gasteiger partial charge in [0, 0.05) is 35.4 Å². The van der Waals surface area contributed by atoms with E-state index in [1.54, 1.807) is 12.3 Å². The van der Waals surface area contributed by atoms with Crippen LogP contribution in [0.2, 0.25) is 0 Å². The third-order valence-electron chi connectivity index (χ3n) is 4.55. The Bertz CT molecular complexity index is 1180. The number of amides is 2. The number of aromatic nitrogens is 2. The first kappa shape index (κ1) is 19.2. The van der Waals surface area contributed by atoms with Crippen LogP contribution in [0.25, 0.3) is 10.9 Å². The summed E-state index contributed by atoms with van der Waals surface area (Å²) >= 11 is 0. The van der Waals surface area contributed by atoms with E-state index < -0.39 is 0 Å². The summed E-state index contributed by atoms with van der Waals surface area (Å²) in [5, 5.41) is 9.83. The standard InChI is InChI=1S/C23H21N5O2/c1-15(29)26-17-6-8-18(9-7-17)27-19-10-11-22(25-14-19)28-23(30)12-16-13-24-21-5-3-2-4-20(16)21/h2-11,13-14,24,27H,12H2,1H3,(H,26,29)(H,25,28,30). The maximum absolute atomic E-state index is 12.4. The van der Waals surface area contributed by atoms with Gasteiger partial charge in [-0.1, -0.05) is 18.2 Å². The van der Waals surface area contributed by atoms with Crippen LogP contribution in [0.4, 0.5) is 22.9 Å². The largest absolute Gasteiger partial charge is 0.361 e. The highest BCUT2D eigenvalue weighted by atomic mass is 16.2. The number of nitrogens with zero attached hydrogens (tertiary/aromatic N) is 1. The molecule has 0 saturated heterocycles. The summed E-state index contributed by atoms with van der Waals surface area (Å²) in [6.45, 7) is 1.47. The molecule has 2 amide bonds. The number of H-pyrrole nitrogens is 1. The average molecular weight is 399 g/mol. The zero-order valence-corrected chi connectivity index (χ0v) is 16.4. The number of para-hydroxylation sites is 1. The predicted octanol–water partition coefficient (Wildman–Crippen LogP) is 4.45. The third kappa shape index (κ3) is 4.64. The van der Waals surface area contributed by atoms with E-state index in [-0.39, 0.29) is 18.2 Å². The van der Waals surface area contributed by atoms with E-state index in [9.17, 15) is 9.59 Å². The van der Waals surface area contributed by atoms with E-state index in [2.05, 4.69) is 25.9 Å². The van der Waals surface area contributed by atoms with E-state index >= 15 is 0 Å². The minimum atomic E-state index is -0.124. The van der Waals surface area contributed by atoms with Crippen molar-refractivity contribution in [3.63, 3.8) is 0 Å². The Kier molecular flexibility index (Phi) is 5.43. The second kappa shape index (κ2) is 8.48. The number of carbonyl (C=O) groups is 2. The first-order chi connectivity index (χ1) is 14.6. The lowest BCUT2D eigenvalue weighted by molar-refractivity contribution is -0.116. The smallest absolute Gasteiger partial charge is 0.230 e. The summed E-state index contributed by atoms with van der Waals surface area (Å²) in [4.78, 5) is 31.0. The molecule has 150 valence electrons. The number of benzene rings is 2. The zero-order valence-electron chi connectivity index (χ0n) is 16.4. The van der Waals surface area contributed by atoms with Crippen molar-refractivity contribution in [3.05, 3.63) is 78.6 Å². The Morgan fingerprint density at radius 2 is 1.63 bits per heavy atom. The minimum Gasteiger partial charge on any atom is -0.361 e. The van der Waals surface area contributed by atoms with Gasteiger partial charge in [0.2, 0.25) is 11.8 Å². The first-order valence-electron chi connectivity index (χ1n) is 9.52. The Morgan fingerprint density at radius 3 is 2.37 bits per heavy atom. The number of anilines is 4. The van der Waals surface area contributed by atoms with Gasteiger partial charge in [-0.3, -0.25) is 9.59 Å². The number of pyridine rings is 1. The van der Waals surface area contributed by atoms with Gasteiger partial charge in [0.15, 0.2) is 0 Å². The van der Waals surface area contributed by atoms with E-state index in [1.807, 2.05) is 60.8 Å². The lowest BCUT2D eigenvalue weighted by atomic mass is 10.1. The summed E-state index contributed by atoms with van der Waals surface area (Å²) in [5.41, 5.74) is 4.35. The molecule has 0 aliphatic heterocycles. The van der Waals surface area contributed by atoms with Gasteiger partial charge in [-0.25, -0.2) is 4.98 Å². The number of carbonyl (C=O) groups excluding carboxylic acids is 2. The Morgan fingerprint density at radius 1 is 0.900 bits per heavy atom. The maximum Gasteiger partial charge on any atom is 0.230 e. The predicted molar refractivity (Wildman–Crippen MR) is 119 cm³/mol. The lowest BCUT2D eigenvalue weighted by Crippen LogP contribution is -2.15. The van der Waals surface area contributed by atoms with Crippen molar-refractivity contribution in [2.45, 2.75) is 13.3 Å². The quantitative estimate of drug-likeness (QED) is 0.385. The van der Waals surface area contributed by atoms with Crippen LogP contribution in [-0.2, 0) is 16.0 Å². The molecular formula is C23H21N5O2. The van der Waals surface area contributed by atoms with E-state index in [0.717, 1.165) is 33.5 Å². The molecule has 7 heteroatoms. The summed E-state index contributed by atoms with van der Waals surface area (Å²) in [6.07, 6.45) is 3.79. The molecule has 0 unspecified atom stereocenters. The number of nitrogens with one attached hydrogen (secondary N) is 4. The van der Waals surface area contributed by atoms with Gasteiger partial charge in [-0.15, -0.1) is 0 Å². The molecule has 2 aromatic carbocycles. The van der Waals surface area contributed by atoms with Crippen LogP contribution in [0.1, 0.15) is 12.5 Å². The Labute approximate surface area is 173 Å². The maximum atomic E-state index is 12.4. The SMILES string of the molecule is CC(=O)Nc1ccc(Nc2ccc(NC(=O)Cc3c[nH]c4ccccc34)nc2)cc1. The second-order valence-electron chi connectivity index (χ2n) is 6.90. The Balaban J connectivity index is 1.35. The van der Waals surface area contributed by atoms with E-state index in [4.69, 9.17) is 0 Å². The van der Waals surface area contributed by atoms with Crippen LogP contribution >= 0.6 is 0 Å². The molecule has 0 saturated carbocycles. The van der Waals surface area contributed by atoms with Gasteiger partial charge in [-0.2, -0.15) is 0 Å². The molecule has 4 aromatic rings. The van der Waals surface area contributed by atoms with Crippen molar-refractivity contribution in [2.75, 3.05) is 16.0 Å². The van der Waals surface area contributed by atoms with E-state index in [1.165, 1.54) is 6.92 Å². The molecule has 4 N–H and O–H groups in total. The van der Waals surface area contributed by atoms with Gasteiger partial charge in [0.25, 0.3) is 0 Å². The molecular weight excluding hydrogens is 378 g/mol. The first-order valence-corrected chi connectivity index (χ1v) is 9.52. The zero-order chi connectivity index (χ0) is 20.9. The number of fused-ring (bicyclic) bond motifs is 1. The van der Waals surface area contributed by atoms with E-state index in [0.29, 0.717) is 5.82 Å². The molecule has 0 radical (unpaired) electrons. The molecule has 4 rings (SSSR count). The fourth-order valence-electron chi connectivity index (χ4n) is 3.19. The molecule has 0 aliphatic carbocycles. The normalized spacial score (nSPS) is 10.6. The molecule has 0 bridgehead atoms. The van der Waals surface area contributed by atoms with Crippen molar-refractivity contribution in [2.24, 2.45) is 0 Å². The molecule has 2 heterocycles. The van der Waals surface area contributed by atoms with Gasteiger partial charge in [0.05, 0.1) is 18.3 Å². The second-order valence-corrected chi connectivity index (χ2v) is 6.90. The monoisotopic (exact) mass is 399 g/mol. The van der Waals surface area contributed by atoms with Crippen LogP contribution in [0.5, 0.6) is 0 Å². The third-order valence-corrected chi connectivity index (χ3v) is 4.55. The van der Waals surface area contributed by atoms with Gasteiger partial charge in [-0.05, 0) is 48.0 Å². The van der Waals surface area contributed by atoms with Crippen LogP contribution in [-0.4, -0.2) is 21.8 Å². The van der Waals surface area contributed by atoms with Crippen LogP contribution in [0.15, 0.2) is 73.1 Å². The number of hydrogen-bond acceptors (Lipinski definition) is 4. The fourth-order valence-corrected chi connectivity index (χ4v) is 3.19. The average Bonchev–Trinajstić information content (AvgIpc) is 3.13. The summed E-state index contributed by atoms with van der Waals surface area (Å²) in [7, 11) is 0. The number of hydrogen-bond donors (Lipinski definition) is 4. The fraction of sp³-hybridized carbons (Fsp3) is 0.0870. The molecule has 7 nitrogen and oxygen atoms in total. The summed E-state index contributed by atoms with van der Waals surface area (Å²) in [6, 6.07) is 18.8. The van der Waals surface area contributed by atoms with Crippen LogP contribution in [0, 0.1) is 0 Å². The number of rotatable bonds is 6. The van der Waals surface area contributed by atoms with Crippen LogP contribution < -0.4 is 16.0 Å². The van der Waals surface area contributed by atoms with Crippen molar-refractivity contribution < 1.29 is 9.59 Å². The van der Waals surface area contributed by atoms with Crippen molar-refractivity contribution in [1.82, 2.24) is 9.97 Å². The Hall–Kier alpha value is -4.13. The highest BCUT2D eigenvalue weighted by Crippen LogP contribution is 2.20. The highest BCUT2D eigenvalue weighted by Gasteiger charge is 2.09. The van der Waals surface area contributed by atoms with Gasteiger partial charge < -0.3 is 20.9 Å². The molecule has 2 aromatic heterocycles. The number of aromatic amines is 1. The molecule has 0 fully saturated rings. The van der Waals surface area contributed by atoms with Crippen molar-refractivity contribution in [1.29, 1.82) is 0 Å². The highest BCUT2D eigenvalue weighted by molar-refractivity contribution is 5.95. The minimum absolute atomic E-state index is 0.109. The van der Waals surface area contributed by atoms with Crippen molar-refractivity contribution >= 4 is 45.6 Å². The topological polar surface area (TPSA) is 98.9 Å². The van der Waals surface area contributed by atoms with Gasteiger partial charge in [0.1, 0.15) is 5.82 Å². The lowest BCUT2D eigenvalue weighted by Gasteiger charge is -2.09. The summed E-state index contributed by atoms with van der Waals surface area (Å²) < 4.78 is 0. The molecule has 0 atom stereocenters. The molecule has 0 aliphatic rings. The summed E-state index contributed by atoms with van der Waals surface area (Å²) in [5.74, 6) is 0.259. The molecule has 0 spiro atoms. The van der Waals surface area contributed by atoms with Gasteiger partial charge >= 0.3 is 0 Å². The van der Waals surface area contributed by atoms with Crippen LogP contribution in [0.3, 0.4) is 0 Å². The van der Waals surface area contributed by atoms with Crippen molar-refractivity contribution in [3.8, 4) is 0 Å². The molecule has 30 heavy (non-hydrogen) atoms.